The minimum Gasteiger partial charge on any atom is -0.481 e. The van der Waals surface area contributed by atoms with Gasteiger partial charge in [0.05, 0.1) is 18.9 Å². The molecule has 2 atom stereocenters. The average Bonchev–Trinajstić information content (AvgIpc) is 2.16. The minimum absolute atomic E-state index is 0.520. The van der Waals surface area contributed by atoms with Crippen molar-refractivity contribution in [3.63, 3.8) is 0 Å². The van der Waals surface area contributed by atoms with Crippen molar-refractivity contribution in [1.82, 2.24) is 0 Å². The van der Waals surface area contributed by atoms with Crippen LogP contribution in [-0.2, 0) is 14.3 Å². The predicted molar refractivity (Wildman–Crippen MR) is 44.9 cm³/mol. The first kappa shape index (κ1) is 9.51. The lowest BCUT2D eigenvalue weighted by molar-refractivity contribution is -0.152. The molecule has 0 saturated carbocycles. The summed E-state index contributed by atoms with van der Waals surface area (Å²) in [5, 5.41) is 8.76. The maximum absolute atomic E-state index is 11.1. The van der Waals surface area contributed by atoms with Crippen molar-refractivity contribution in [1.29, 1.82) is 0 Å². The van der Waals surface area contributed by atoms with Crippen LogP contribution in [-0.4, -0.2) is 24.2 Å². The Hall–Kier alpha value is -1.58. The number of methoxy groups -OCH3 is 1. The second-order valence-electron chi connectivity index (χ2n) is 2.68. The van der Waals surface area contributed by atoms with Gasteiger partial charge in [-0.15, -0.1) is 0 Å². The third kappa shape index (κ3) is 1.96. The summed E-state index contributed by atoms with van der Waals surface area (Å²) >= 11 is 0. The van der Waals surface area contributed by atoms with Gasteiger partial charge >= 0.3 is 11.9 Å². The number of aliphatic carboxylic acids is 1. The minimum atomic E-state index is -1.02. The van der Waals surface area contributed by atoms with Gasteiger partial charge in [0, 0.05) is 0 Å². The third-order valence-corrected chi connectivity index (χ3v) is 1.89. The van der Waals surface area contributed by atoms with Gasteiger partial charge in [0.2, 0.25) is 0 Å². The van der Waals surface area contributed by atoms with Crippen LogP contribution < -0.4 is 0 Å². The number of carboxylic acid groups (broad SMARTS) is 1. The van der Waals surface area contributed by atoms with E-state index in [9.17, 15) is 9.59 Å². The monoisotopic (exact) mass is 182 g/mol. The van der Waals surface area contributed by atoms with Gasteiger partial charge in [0.15, 0.2) is 0 Å². The zero-order valence-electron chi connectivity index (χ0n) is 7.14. The summed E-state index contributed by atoms with van der Waals surface area (Å²) < 4.78 is 4.48. The number of carbonyl (C=O) groups excluding carboxylic acids is 1. The molecule has 13 heavy (non-hydrogen) atoms. The molecule has 0 amide bonds. The molecule has 0 radical (unpaired) electrons. The highest BCUT2D eigenvalue weighted by Gasteiger charge is 2.31. The molecular weight excluding hydrogens is 172 g/mol. The Morgan fingerprint density at radius 1 is 1.23 bits per heavy atom. The van der Waals surface area contributed by atoms with Crippen LogP contribution in [0.3, 0.4) is 0 Å². The second-order valence-corrected chi connectivity index (χ2v) is 2.68. The largest absolute Gasteiger partial charge is 0.481 e. The van der Waals surface area contributed by atoms with Gasteiger partial charge in [-0.2, -0.15) is 0 Å². The van der Waals surface area contributed by atoms with E-state index < -0.39 is 23.8 Å². The number of hydrogen-bond donors (Lipinski definition) is 1. The van der Waals surface area contributed by atoms with Gasteiger partial charge in [0.1, 0.15) is 0 Å². The molecule has 0 aliphatic heterocycles. The van der Waals surface area contributed by atoms with E-state index in [-0.39, 0.29) is 0 Å². The van der Waals surface area contributed by atoms with E-state index in [1.807, 2.05) is 0 Å². The third-order valence-electron chi connectivity index (χ3n) is 1.89. The number of rotatable bonds is 2. The first-order valence-corrected chi connectivity index (χ1v) is 3.82. The number of esters is 1. The average molecular weight is 182 g/mol. The molecule has 4 nitrogen and oxygen atoms in total. The molecule has 0 fully saturated rings. The quantitative estimate of drug-likeness (QED) is 0.635. The first-order valence-electron chi connectivity index (χ1n) is 3.82. The number of allylic oxidation sites excluding steroid dienone is 2. The Balaban J connectivity index is 2.82. The van der Waals surface area contributed by atoms with Gasteiger partial charge in [-0.1, -0.05) is 24.3 Å². The molecule has 1 N–H and O–H groups in total. The zero-order chi connectivity index (χ0) is 9.84. The Labute approximate surface area is 75.5 Å². The summed E-state index contributed by atoms with van der Waals surface area (Å²) in [6, 6.07) is 0. The highest BCUT2D eigenvalue weighted by Crippen LogP contribution is 2.20. The fourth-order valence-corrected chi connectivity index (χ4v) is 1.20. The van der Waals surface area contributed by atoms with Gasteiger partial charge in [-0.25, -0.2) is 0 Å². The van der Waals surface area contributed by atoms with Gasteiger partial charge in [0.25, 0.3) is 0 Å². The molecule has 0 aromatic rings. The Bertz CT molecular complexity index is 277. The van der Waals surface area contributed by atoms with Crippen LogP contribution in [0.4, 0.5) is 0 Å². The summed E-state index contributed by atoms with van der Waals surface area (Å²) in [4.78, 5) is 21.8. The fraction of sp³-hybridized carbons (Fsp3) is 0.333. The lowest BCUT2D eigenvalue weighted by Gasteiger charge is -2.17. The van der Waals surface area contributed by atoms with Crippen LogP contribution in [0, 0.1) is 11.8 Å². The molecular formula is C9H10O4. The van der Waals surface area contributed by atoms with Crippen LogP contribution in [0.25, 0.3) is 0 Å². The van der Waals surface area contributed by atoms with E-state index in [4.69, 9.17) is 5.11 Å². The lowest BCUT2D eigenvalue weighted by atomic mass is 9.88. The Morgan fingerprint density at radius 2 is 1.77 bits per heavy atom. The standard InChI is InChI=1S/C9H10O4/c1-13-9(12)7-5-3-2-4-6(7)8(10)11/h2-7H,1H3,(H,10,11). The van der Waals surface area contributed by atoms with Crippen LogP contribution in [0.2, 0.25) is 0 Å². The highest BCUT2D eigenvalue weighted by molar-refractivity contribution is 5.84. The Morgan fingerprint density at radius 3 is 2.23 bits per heavy atom. The molecule has 2 unspecified atom stereocenters. The highest BCUT2D eigenvalue weighted by atomic mass is 16.5. The smallest absolute Gasteiger partial charge is 0.313 e. The van der Waals surface area contributed by atoms with Crippen molar-refractivity contribution in [2.24, 2.45) is 11.8 Å². The SMILES string of the molecule is COC(=O)C1C=CC=CC1C(=O)O. The Kier molecular flexibility index (Phi) is 2.84. The summed E-state index contributed by atoms with van der Waals surface area (Å²) in [6.07, 6.45) is 6.26. The van der Waals surface area contributed by atoms with Crippen molar-refractivity contribution >= 4 is 11.9 Å². The number of carboxylic acids is 1. The van der Waals surface area contributed by atoms with Gasteiger partial charge in [-0.3, -0.25) is 9.59 Å². The van der Waals surface area contributed by atoms with Crippen LogP contribution >= 0.6 is 0 Å². The molecule has 1 rings (SSSR count). The summed E-state index contributed by atoms with van der Waals surface area (Å²) in [5.74, 6) is -3.05. The van der Waals surface area contributed by atoms with Gasteiger partial charge in [-0.05, 0) is 0 Å². The van der Waals surface area contributed by atoms with Crippen LogP contribution in [0.1, 0.15) is 0 Å². The van der Waals surface area contributed by atoms with E-state index in [0.717, 1.165) is 0 Å². The number of hydrogen-bond acceptors (Lipinski definition) is 3. The molecule has 1 aliphatic carbocycles. The van der Waals surface area contributed by atoms with E-state index >= 15 is 0 Å². The summed E-state index contributed by atoms with van der Waals surface area (Å²) in [5.41, 5.74) is 0. The molecule has 0 spiro atoms. The topological polar surface area (TPSA) is 63.6 Å². The molecule has 4 heteroatoms. The van der Waals surface area contributed by atoms with E-state index in [0.29, 0.717) is 0 Å². The van der Waals surface area contributed by atoms with Crippen molar-refractivity contribution in [3.8, 4) is 0 Å². The number of carbonyl (C=O) groups is 2. The van der Waals surface area contributed by atoms with Crippen molar-refractivity contribution in [3.05, 3.63) is 24.3 Å². The van der Waals surface area contributed by atoms with E-state index in [2.05, 4.69) is 4.74 Å². The summed E-state index contributed by atoms with van der Waals surface area (Å²) in [7, 11) is 1.24. The normalized spacial score (nSPS) is 25.6. The lowest BCUT2D eigenvalue weighted by Crippen LogP contribution is -2.29. The summed E-state index contributed by atoms with van der Waals surface area (Å²) in [6.45, 7) is 0. The molecule has 0 aromatic heterocycles. The first-order chi connectivity index (χ1) is 6.16. The maximum atomic E-state index is 11.1. The molecule has 0 saturated heterocycles. The number of ether oxygens (including phenoxy) is 1. The molecule has 0 bridgehead atoms. The molecule has 0 heterocycles. The molecule has 1 aliphatic rings. The predicted octanol–water partition coefficient (Wildman–Crippen LogP) is 0.602. The van der Waals surface area contributed by atoms with Crippen molar-refractivity contribution in [2.75, 3.05) is 7.11 Å². The zero-order valence-corrected chi connectivity index (χ0v) is 7.14. The van der Waals surface area contributed by atoms with Gasteiger partial charge < -0.3 is 9.84 Å². The van der Waals surface area contributed by atoms with Crippen molar-refractivity contribution < 1.29 is 19.4 Å². The van der Waals surface area contributed by atoms with Crippen LogP contribution in [0.15, 0.2) is 24.3 Å². The maximum Gasteiger partial charge on any atom is 0.313 e. The molecule has 0 aromatic carbocycles. The van der Waals surface area contributed by atoms with E-state index in [1.165, 1.54) is 19.3 Å². The van der Waals surface area contributed by atoms with Crippen molar-refractivity contribution in [2.45, 2.75) is 0 Å². The second kappa shape index (κ2) is 3.89. The fourth-order valence-electron chi connectivity index (χ4n) is 1.20. The molecule has 70 valence electrons. The van der Waals surface area contributed by atoms with Crippen LogP contribution in [0.5, 0.6) is 0 Å². The van der Waals surface area contributed by atoms with E-state index in [1.54, 1.807) is 12.2 Å².